The topological polar surface area (TPSA) is 0 Å². The monoisotopic (exact) mass is 308 g/mol. The molecular weight excluding hydrogens is 284 g/mol. The normalized spacial score (nSPS) is 30.2. The van der Waals surface area contributed by atoms with Gasteiger partial charge < -0.3 is 0 Å². The van der Waals surface area contributed by atoms with Crippen molar-refractivity contribution in [3.63, 3.8) is 0 Å². The SMILES string of the molecule is SCC1(CSC2CCC(CS)(CS)C2)CCC1. The fraction of sp³-hybridized carbons (Fsp3) is 1.00. The third-order valence-electron chi connectivity index (χ3n) is 4.70. The molecule has 0 saturated heterocycles. The van der Waals surface area contributed by atoms with Gasteiger partial charge in [0.1, 0.15) is 0 Å². The minimum Gasteiger partial charge on any atom is -0.179 e. The molecule has 2 aliphatic carbocycles. The highest BCUT2D eigenvalue weighted by molar-refractivity contribution is 8.00. The van der Waals surface area contributed by atoms with Gasteiger partial charge in [-0.05, 0) is 65.9 Å². The van der Waals surface area contributed by atoms with E-state index in [9.17, 15) is 0 Å². The Morgan fingerprint density at radius 1 is 0.941 bits per heavy atom. The lowest BCUT2D eigenvalue weighted by Gasteiger charge is -2.41. The molecule has 0 spiro atoms. The van der Waals surface area contributed by atoms with E-state index in [1.165, 1.54) is 44.3 Å². The average molecular weight is 309 g/mol. The largest absolute Gasteiger partial charge is 0.179 e. The van der Waals surface area contributed by atoms with Crippen LogP contribution in [0.4, 0.5) is 0 Å². The fourth-order valence-corrected chi connectivity index (χ4v) is 6.24. The van der Waals surface area contributed by atoms with Crippen LogP contribution in [-0.4, -0.2) is 28.3 Å². The zero-order valence-corrected chi connectivity index (χ0v) is 13.9. The Hall–Kier alpha value is 1.40. The number of hydrogen-bond donors (Lipinski definition) is 3. The minimum absolute atomic E-state index is 0.428. The van der Waals surface area contributed by atoms with Crippen molar-refractivity contribution in [3.05, 3.63) is 0 Å². The van der Waals surface area contributed by atoms with Crippen molar-refractivity contribution in [2.24, 2.45) is 10.8 Å². The summed E-state index contributed by atoms with van der Waals surface area (Å²) in [5.41, 5.74) is 1.01. The van der Waals surface area contributed by atoms with Crippen LogP contribution >= 0.6 is 49.6 Å². The first-order valence-electron chi connectivity index (χ1n) is 6.62. The van der Waals surface area contributed by atoms with Crippen molar-refractivity contribution in [1.29, 1.82) is 0 Å². The first-order valence-corrected chi connectivity index (χ1v) is 9.56. The first kappa shape index (κ1) is 14.8. The van der Waals surface area contributed by atoms with Crippen molar-refractivity contribution >= 4 is 49.6 Å². The van der Waals surface area contributed by atoms with Gasteiger partial charge in [-0.3, -0.25) is 0 Å². The van der Waals surface area contributed by atoms with Gasteiger partial charge in [0.2, 0.25) is 0 Å². The highest BCUT2D eigenvalue weighted by atomic mass is 32.2. The predicted molar refractivity (Wildman–Crippen MR) is 90.4 cm³/mol. The highest BCUT2D eigenvalue weighted by Crippen LogP contribution is 2.49. The molecule has 0 bridgehead atoms. The summed E-state index contributed by atoms with van der Waals surface area (Å²) in [5.74, 6) is 4.42. The second-order valence-corrected chi connectivity index (χ2v) is 8.24. The van der Waals surface area contributed by atoms with Gasteiger partial charge in [0.15, 0.2) is 0 Å². The summed E-state index contributed by atoms with van der Waals surface area (Å²) in [7, 11) is 0. The molecule has 2 fully saturated rings. The zero-order chi connectivity index (χ0) is 12.4. The maximum atomic E-state index is 4.54. The second-order valence-electron chi connectivity index (χ2n) is 6.00. The van der Waals surface area contributed by atoms with Gasteiger partial charge in [-0.15, -0.1) is 0 Å². The highest BCUT2D eigenvalue weighted by Gasteiger charge is 2.40. The van der Waals surface area contributed by atoms with E-state index in [0.717, 1.165) is 22.5 Å². The van der Waals surface area contributed by atoms with Crippen LogP contribution in [0.25, 0.3) is 0 Å². The molecule has 0 nitrogen and oxygen atoms in total. The Balaban J connectivity index is 1.78. The average Bonchev–Trinajstić information content (AvgIpc) is 2.73. The first-order chi connectivity index (χ1) is 8.17. The quantitative estimate of drug-likeness (QED) is 0.618. The summed E-state index contributed by atoms with van der Waals surface area (Å²) in [6.45, 7) is 0. The molecule has 0 aromatic heterocycles. The Labute approximate surface area is 127 Å². The fourth-order valence-electron chi connectivity index (χ4n) is 2.95. The van der Waals surface area contributed by atoms with E-state index >= 15 is 0 Å². The summed E-state index contributed by atoms with van der Waals surface area (Å²) in [4.78, 5) is 0. The Morgan fingerprint density at radius 2 is 1.59 bits per heavy atom. The molecule has 0 heterocycles. The predicted octanol–water partition coefficient (Wildman–Crippen LogP) is 4.22. The molecule has 0 amide bonds. The number of hydrogen-bond acceptors (Lipinski definition) is 4. The van der Waals surface area contributed by atoms with Gasteiger partial charge in [-0.2, -0.15) is 49.6 Å². The summed E-state index contributed by atoms with van der Waals surface area (Å²) in [6, 6.07) is 0. The van der Waals surface area contributed by atoms with E-state index < -0.39 is 0 Å². The van der Waals surface area contributed by atoms with Crippen LogP contribution in [0, 0.1) is 10.8 Å². The lowest BCUT2D eigenvalue weighted by molar-refractivity contribution is 0.205. The van der Waals surface area contributed by atoms with Gasteiger partial charge in [0, 0.05) is 5.25 Å². The van der Waals surface area contributed by atoms with Crippen LogP contribution < -0.4 is 0 Å². The van der Waals surface area contributed by atoms with Crippen molar-refractivity contribution in [2.45, 2.75) is 43.8 Å². The molecule has 0 aromatic rings. The number of thiol groups is 3. The third kappa shape index (κ3) is 3.29. The van der Waals surface area contributed by atoms with E-state index in [1.807, 2.05) is 0 Å². The molecule has 0 radical (unpaired) electrons. The zero-order valence-electron chi connectivity index (χ0n) is 10.4. The smallest absolute Gasteiger partial charge is 0.00533 e. The van der Waals surface area contributed by atoms with Gasteiger partial charge in [0.05, 0.1) is 0 Å². The van der Waals surface area contributed by atoms with E-state index in [1.54, 1.807) is 0 Å². The van der Waals surface area contributed by atoms with Crippen LogP contribution in [0.15, 0.2) is 0 Å². The number of thioether (sulfide) groups is 1. The van der Waals surface area contributed by atoms with Crippen molar-refractivity contribution in [1.82, 2.24) is 0 Å². The van der Waals surface area contributed by atoms with E-state index in [4.69, 9.17) is 0 Å². The van der Waals surface area contributed by atoms with Gasteiger partial charge in [0.25, 0.3) is 0 Å². The lowest BCUT2D eigenvalue weighted by Crippen LogP contribution is -2.34. The molecule has 4 heteroatoms. The third-order valence-corrected chi connectivity index (χ3v) is 8.37. The summed E-state index contributed by atoms with van der Waals surface area (Å²) < 4.78 is 0. The maximum absolute atomic E-state index is 4.54. The molecule has 17 heavy (non-hydrogen) atoms. The van der Waals surface area contributed by atoms with E-state index in [-0.39, 0.29) is 0 Å². The molecule has 2 saturated carbocycles. The molecule has 1 atom stereocenters. The second kappa shape index (κ2) is 6.23. The summed E-state index contributed by atoms with van der Waals surface area (Å²) in [5, 5.41) is 0.853. The molecule has 0 aliphatic heterocycles. The maximum Gasteiger partial charge on any atom is 0.00533 e. The molecule has 100 valence electrons. The van der Waals surface area contributed by atoms with E-state index in [2.05, 4.69) is 49.6 Å². The molecule has 1 unspecified atom stereocenters. The van der Waals surface area contributed by atoms with Gasteiger partial charge in [-0.1, -0.05) is 6.42 Å². The molecule has 0 aromatic carbocycles. The van der Waals surface area contributed by atoms with Crippen LogP contribution in [0.2, 0.25) is 0 Å². The lowest BCUT2D eigenvalue weighted by atomic mass is 9.72. The van der Waals surface area contributed by atoms with Crippen molar-refractivity contribution in [3.8, 4) is 0 Å². The van der Waals surface area contributed by atoms with Crippen LogP contribution in [0.1, 0.15) is 38.5 Å². The minimum atomic E-state index is 0.428. The van der Waals surface area contributed by atoms with Crippen LogP contribution in [0.5, 0.6) is 0 Å². The van der Waals surface area contributed by atoms with Gasteiger partial charge >= 0.3 is 0 Å². The summed E-state index contributed by atoms with van der Waals surface area (Å²) in [6.07, 6.45) is 8.25. The number of rotatable bonds is 6. The Morgan fingerprint density at radius 3 is 2.00 bits per heavy atom. The Kier molecular flexibility index (Phi) is 5.43. The molecule has 2 rings (SSSR count). The molecule has 2 aliphatic rings. The summed E-state index contributed by atoms with van der Waals surface area (Å²) >= 11 is 15.8. The van der Waals surface area contributed by atoms with Crippen LogP contribution in [0.3, 0.4) is 0 Å². The van der Waals surface area contributed by atoms with E-state index in [0.29, 0.717) is 10.8 Å². The van der Waals surface area contributed by atoms with Crippen molar-refractivity contribution in [2.75, 3.05) is 23.0 Å². The van der Waals surface area contributed by atoms with Gasteiger partial charge in [-0.25, -0.2) is 0 Å². The Bertz CT molecular complexity index is 240. The molecule has 0 N–H and O–H groups in total. The standard InChI is InChI=1S/C13H24S4/c14-7-12(3-1-4-12)10-17-11-2-5-13(6-11,8-15)9-16/h11,14-16H,1-10H2. The van der Waals surface area contributed by atoms with Crippen LogP contribution in [-0.2, 0) is 0 Å². The van der Waals surface area contributed by atoms with Crippen molar-refractivity contribution < 1.29 is 0 Å². The molecular formula is C13H24S4.